The Morgan fingerprint density at radius 2 is 1.76 bits per heavy atom. The van der Waals surface area contributed by atoms with E-state index in [2.05, 4.69) is 21.8 Å². The highest BCUT2D eigenvalue weighted by molar-refractivity contribution is 6.42. The molecule has 0 radical (unpaired) electrons. The van der Waals surface area contributed by atoms with E-state index in [0.29, 0.717) is 10.0 Å². The second kappa shape index (κ2) is 5.53. The molecule has 1 saturated heterocycles. The quantitative estimate of drug-likeness (QED) is 0.723. The fourth-order valence-electron chi connectivity index (χ4n) is 1.92. The molecule has 1 heterocycles. The van der Waals surface area contributed by atoms with Crippen LogP contribution in [-0.2, 0) is 0 Å². The number of anilines is 1. The van der Waals surface area contributed by atoms with Crippen molar-refractivity contribution in [1.82, 2.24) is 4.90 Å². The van der Waals surface area contributed by atoms with Gasteiger partial charge in [-0.05, 0) is 25.1 Å². The van der Waals surface area contributed by atoms with Crippen LogP contribution in [0.25, 0.3) is 0 Å². The van der Waals surface area contributed by atoms with Crippen LogP contribution in [-0.4, -0.2) is 31.1 Å². The summed E-state index contributed by atoms with van der Waals surface area (Å²) in [6.07, 6.45) is 0. The summed E-state index contributed by atoms with van der Waals surface area (Å²) >= 11 is 11.9. The fraction of sp³-hybridized carbons (Fsp3) is 0.385. The van der Waals surface area contributed by atoms with Gasteiger partial charge in [-0.1, -0.05) is 29.1 Å². The van der Waals surface area contributed by atoms with Crippen LogP contribution in [0.15, 0.2) is 18.2 Å². The van der Waals surface area contributed by atoms with Crippen LogP contribution in [0.3, 0.4) is 0 Å². The lowest BCUT2D eigenvalue weighted by Crippen LogP contribution is -2.44. The molecule has 0 spiro atoms. The van der Waals surface area contributed by atoms with Gasteiger partial charge in [0.2, 0.25) is 0 Å². The second-order valence-corrected chi connectivity index (χ2v) is 4.75. The molecule has 0 N–H and O–H groups in total. The SMILES string of the molecule is CC#CN1CCN(c2ccc(Cl)c(Cl)c2)CC1. The Kier molecular flexibility index (Phi) is 4.04. The molecule has 1 aliphatic heterocycles. The smallest absolute Gasteiger partial charge is 0.0612 e. The molecule has 0 aliphatic carbocycles. The first kappa shape index (κ1) is 12.4. The Balaban J connectivity index is 2.04. The minimum atomic E-state index is 0.603. The third-order valence-corrected chi connectivity index (χ3v) is 3.56. The highest BCUT2D eigenvalue weighted by atomic mass is 35.5. The van der Waals surface area contributed by atoms with Gasteiger partial charge in [0, 0.05) is 37.9 Å². The highest BCUT2D eigenvalue weighted by Gasteiger charge is 2.15. The standard InChI is InChI=1S/C13H14Cl2N2/c1-2-5-16-6-8-17(9-7-16)11-3-4-12(14)13(15)10-11/h3-4,10H,6-9H2,1H3. The summed E-state index contributed by atoms with van der Waals surface area (Å²) in [4.78, 5) is 4.45. The molecule has 1 aliphatic rings. The van der Waals surface area contributed by atoms with Crippen molar-refractivity contribution < 1.29 is 0 Å². The number of hydrogen-bond acceptors (Lipinski definition) is 2. The van der Waals surface area contributed by atoms with Crippen LogP contribution in [0.5, 0.6) is 0 Å². The van der Waals surface area contributed by atoms with Gasteiger partial charge < -0.3 is 9.80 Å². The van der Waals surface area contributed by atoms with Crippen molar-refractivity contribution in [2.45, 2.75) is 6.92 Å². The Bertz CT molecular complexity index is 454. The normalized spacial score (nSPS) is 15.5. The molecule has 0 amide bonds. The van der Waals surface area contributed by atoms with Crippen LogP contribution < -0.4 is 4.90 Å². The van der Waals surface area contributed by atoms with Crippen LogP contribution in [0, 0.1) is 12.0 Å². The van der Waals surface area contributed by atoms with Gasteiger partial charge in [0.25, 0.3) is 0 Å². The first-order valence-electron chi connectivity index (χ1n) is 5.58. The molecule has 0 saturated carbocycles. The summed E-state index contributed by atoms with van der Waals surface area (Å²) in [5, 5.41) is 1.21. The van der Waals surface area contributed by atoms with Crippen molar-refractivity contribution in [2.75, 3.05) is 31.1 Å². The van der Waals surface area contributed by atoms with Gasteiger partial charge in [-0.2, -0.15) is 0 Å². The second-order valence-electron chi connectivity index (χ2n) is 3.93. The van der Waals surface area contributed by atoms with E-state index in [9.17, 15) is 0 Å². The van der Waals surface area contributed by atoms with Crippen molar-refractivity contribution in [3.8, 4) is 12.0 Å². The minimum absolute atomic E-state index is 0.603. The summed E-state index contributed by atoms with van der Waals surface area (Å²) in [5.74, 6) is 2.93. The molecule has 1 aromatic rings. The molecule has 0 aromatic heterocycles. The maximum absolute atomic E-state index is 6.02. The van der Waals surface area contributed by atoms with Gasteiger partial charge in [0.15, 0.2) is 0 Å². The van der Waals surface area contributed by atoms with Gasteiger partial charge >= 0.3 is 0 Å². The number of piperazine rings is 1. The minimum Gasteiger partial charge on any atom is -0.368 e. The molecule has 4 heteroatoms. The Labute approximate surface area is 112 Å². The van der Waals surface area contributed by atoms with E-state index in [1.165, 1.54) is 0 Å². The molecule has 2 rings (SSSR count). The number of halogens is 2. The summed E-state index contributed by atoms with van der Waals surface area (Å²) in [6.45, 7) is 5.72. The van der Waals surface area contributed by atoms with E-state index < -0.39 is 0 Å². The largest absolute Gasteiger partial charge is 0.368 e. The number of nitrogens with zero attached hydrogens (tertiary/aromatic N) is 2. The zero-order valence-corrected chi connectivity index (χ0v) is 11.2. The molecule has 0 atom stereocenters. The van der Waals surface area contributed by atoms with Crippen molar-refractivity contribution in [2.24, 2.45) is 0 Å². The van der Waals surface area contributed by atoms with Gasteiger partial charge in [-0.15, -0.1) is 0 Å². The predicted octanol–water partition coefficient (Wildman–Crippen LogP) is 3.10. The molecular formula is C13H14Cl2N2. The molecule has 0 bridgehead atoms. The average Bonchev–Trinajstić information content (AvgIpc) is 2.34. The zero-order valence-electron chi connectivity index (χ0n) is 9.71. The van der Waals surface area contributed by atoms with E-state index in [1.54, 1.807) is 0 Å². The average molecular weight is 269 g/mol. The first-order valence-corrected chi connectivity index (χ1v) is 6.33. The van der Waals surface area contributed by atoms with Gasteiger partial charge in [0.05, 0.1) is 10.0 Å². The van der Waals surface area contributed by atoms with E-state index in [4.69, 9.17) is 23.2 Å². The van der Waals surface area contributed by atoms with Crippen molar-refractivity contribution in [3.63, 3.8) is 0 Å². The van der Waals surface area contributed by atoms with E-state index in [1.807, 2.05) is 25.1 Å². The summed E-state index contributed by atoms with van der Waals surface area (Å²) in [7, 11) is 0. The maximum Gasteiger partial charge on any atom is 0.0612 e. The molecule has 90 valence electrons. The lowest BCUT2D eigenvalue weighted by atomic mass is 10.2. The van der Waals surface area contributed by atoms with E-state index in [-0.39, 0.29) is 0 Å². The third kappa shape index (κ3) is 3.00. The first-order chi connectivity index (χ1) is 8.20. The lowest BCUT2D eigenvalue weighted by molar-refractivity contribution is 0.368. The number of hydrogen-bond donors (Lipinski definition) is 0. The lowest BCUT2D eigenvalue weighted by Gasteiger charge is -2.34. The van der Waals surface area contributed by atoms with Gasteiger partial charge in [0.1, 0.15) is 0 Å². The highest BCUT2D eigenvalue weighted by Crippen LogP contribution is 2.27. The Morgan fingerprint density at radius 1 is 1.06 bits per heavy atom. The van der Waals surface area contributed by atoms with Gasteiger partial charge in [-0.25, -0.2) is 0 Å². The predicted molar refractivity (Wildman–Crippen MR) is 73.7 cm³/mol. The van der Waals surface area contributed by atoms with Crippen molar-refractivity contribution in [3.05, 3.63) is 28.2 Å². The zero-order chi connectivity index (χ0) is 12.3. The fourth-order valence-corrected chi connectivity index (χ4v) is 2.21. The number of benzene rings is 1. The molecule has 1 aromatic carbocycles. The van der Waals surface area contributed by atoms with Crippen LogP contribution in [0.1, 0.15) is 6.92 Å². The molecule has 2 nitrogen and oxygen atoms in total. The third-order valence-electron chi connectivity index (χ3n) is 2.82. The Morgan fingerprint density at radius 3 is 2.35 bits per heavy atom. The Hall–Kier alpha value is -1.04. The maximum atomic E-state index is 6.02. The summed E-state index contributed by atoms with van der Waals surface area (Å²) < 4.78 is 0. The van der Waals surface area contributed by atoms with Crippen LogP contribution >= 0.6 is 23.2 Å². The van der Waals surface area contributed by atoms with Crippen LogP contribution in [0.2, 0.25) is 10.0 Å². The van der Waals surface area contributed by atoms with Crippen LogP contribution in [0.4, 0.5) is 5.69 Å². The molecular weight excluding hydrogens is 255 g/mol. The van der Waals surface area contributed by atoms with E-state index in [0.717, 1.165) is 31.9 Å². The number of rotatable bonds is 1. The van der Waals surface area contributed by atoms with Crippen molar-refractivity contribution >= 4 is 28.9 Å². The molecule has 0 unspecified atom stereocenters. The summed E-state index contributed by atoms with van der Waals surface area (Å²) in [5.41, 5.74) is 1.13. The van der Waals surface area contributed by atoms with Crippen molar-refractivity contribution in [1.29, 1.82) is 0 Å². The topological polar surface area (TPSA) is 6.48 Å². The molecule has 1 fully saturated rings. The summed E-state index contributed by atoms with van der Waals surface area (Å²) in [6, 6.07) is 8.86. The van der Waals surface area contributed by atoms with E-state index >= 15 is 0 Å². The monoisotopic (exact) mass is 268 g/mol. The van der Waals surface area contributed by atoms with Gasteiger partial charge in [-0.3, -0.25) is 0 Å². The molecule has 17 heavy (non-hydrogen) atoms.